The predicted molar refractivity (Wildman–Crippen MR) is 139 cm³/mol. The Hall–Kier alpha value is -3.85. The number of rotatable bonds is 6. The molecule has 1 saturated heterocycles. The maximum Gasteiger partial charge on any atom is 0.264 e. The first-order chi connectivity index (χ1) is 18.0. The molecule has 0 radical (unpaired) electrons. The zero-order chi connectivity index (χ0) is 25.5. The van der Waals surface area contributed by atoms with Crippen LogP contribution in [0.3, 0.4) is 0 Å². The Morgan fingerprint density at radius 2 is 1.86 bits per heavy atom. The molecule has 37 heavy (non-hydrogen) atoms. The molecular formula is C28H27N3O5S. The summed E-state index contributed by atoms with van der Waals surface area (Å²) >= 11 is 1.54. The number of nitrogens with zero attached hydrogens (tertiary/aromatic N) is 2. The summed E-state index contributed by atoms with van der Waals surface area (Å²) in [7, 11) is 0. The lowest BCUT2D eigenvalue weighted by atomic mass is 9.94. The zero-order valence-corrected chi connectivity index (χ0v) is 21.3. The summed E-state index contributed by atoms with van der Waals surface area (Å²) in [5.74, 6) is 0.846. The minimum absolute atomic E-state index is 0.0257. The van der Waals surface area contributed by atoms with E-state index in [1.807, 2.05) is 54.8 Å². The molecule has 1 N–H and O–H groups in total. The molecular weight excluding hydrogens is 490 g/mol. The first kappa shape index (κ1) is 23.5. The number of thiophene rings is 1. The number of hydrogen-bond acceptors (Lipinski definition) is 7. The highest BCUT2D eigenvalue weighted by Crippen LogP contribution is 2.38. The van der Waals surface area contributed by atoms with Crippen molar-refractivity contribution < 1.29 is 23.9 Å². The van der Waals surface area contributed by atoms with Crippen LogP contribution in [-0.4, -0.2) is 42.5 Å². The van der Waals surface area contributed by atoms with Crippen LogP contribution in [0.2, 0.25) is 0 Å². The minimum Gasteiger partial charge on any atom is -0.454 e. The van der Waals surface area contributed by atoms with Crippen molar-refractivity contribution in [3.63, 3.8) is 0 Å². The van der Waals surface area contributed by atoms with Gasteiger partial charge in [-0.05, 0) is 61.0 Å². The molecule has 8 nitrogen and oxygen atoms in total. The third-order valence-corrected chi connectivity index (χ3v) is 8.42. The highest BCUT2D eigenvalue weighted by molar-refractivity contribution is 7.10. The molecule has 0 saturated carbocycles. The van der Waals surface area contributed by atoms with E-state index in [1.54, 1.807) is 6.07 Å². The molecule has 0 aliphatic carbocycles. The van der Waals surface area contributed by atoms with E-state index in [2.05, 4.69) is 10.2 Å². The van der Waals surface area contributed by atoms with Crippen LogP contribution >= 0.6 is 11.3 Å². The molecule has 3 aromatic rings. The minimum atomic E-state index is -0.320. The fourth-order valence-electron chi connectivity index (χ4n) is 5.32. The first-order valence-electron chi connectivity index (χ1n) is 12.5. The topological polar surface area (TPSA) is 88.2 Å². The molecule has 1 aromatic heterocycles. The molecule has 3 aliphatic heterocycles. The normalized spacial score (nSPS) is 17.8. The van der Waals surface area contributed by atoms with Gasteiger partial charge in [-0.25, -0.2) is 0 Å². The number of imide groups is 1. The monoisotopic (exact) mass is 517 g/mol. The van der Waals surface area contributed by atoms with Crippen molar-refractivity contribution in [1.29, 1.82) is 0 Å². The summed E-state index contributed by atoms with van der Waals surface area (Å²) in [5, 5.41) is 4.99. The number of carbonyl (C=O) groups is 3. The van der Waals surface area contributed by atoms with Gasteiger partial charge >= 0.3 is 0 Å². The van der Waals surface area contributed by atoms with Crippen LogP contribution in [0.25, 0.3) is 0 Å². The van der Waals surface area contributed by atoms with Gasteiger partial charge in [0, 0.05) is 30.4 Å². The van der Waals surface area contributed by atoms with Gasteiger partial charge in [0.15, 0.2) is 11.5 Å². The maximum atomic E-state index is 13.5. The Morgan fingerprint density at radius 1 is 1.05 bits per heavy atom. The Morgan fingerprint density at radius 3 is 2.65 bits per heavy atom. The zero-order valence-electron chi connectivity index (χ0n) is 20.4. The molecule has 190 valence electrons. The lowest BCUT2D eigenvalue weighted by Gasteiger charge is -2.34. The van der Waals surface area contributed by atoms with Gasteiger partial charge in [0.05, 0.1) is 22.9 Å². The number of carbonyl (C=O) groups excluding carboxylic acids is 3. The van der Waals surface area contributed by atoms with Gasteiger partial charge in [-0.1, -0.05) is 18.2 Å². The van der Waals surface area contributed by atoms with Crippen LogP contribution in [0, 0.1) is 5.92 Å². The Labute approximate surface area is 218 Å². The average molecular weight is 518 g/mol. The number of ether oxygens (including phenoxy) is 2. The molecule has 2 aromatic carbocycles. The van der Waals surface area contributed by atoms with E-state index in [4.69, 9.17) is 9.47 Å². The smallest absolute Gasteiger partial charge is 0.264 e. The summed E-state index contributed by atoms with van der Waals surface area (Å²) in [6.07, 6.45) is 1.35. The van der Waals surface area contributed by atoms with Crippen molar-refractivity contribution in [2.75, 3.05) is 24.8 Å². The molecule has 0 bridgehead atoms. The van der Waals surface area contributed by atoms with Crippen molar-refractivity contribution in [3.8, 4) is 11.5 Å². The highest BCUT2D eigenvalue weighted by Gasteiger charge is 2.42. The van der Waals surface area contributed by atoms with E-state index >= 15 is 0 Å². The van der Waals surface area contributed by atoms with Crippen molar-refractivity contribution in [2.24, 2.45) is 5.92 Å². The number of anilines is 1. The fraction of sp³-hybridized carbons (Fsp3) is 0.321. The first-order valence-corrected chi connectivity index (χ1v) is 13.3. The van der Waals surface area contributed by atoms with Gasteiger partial charge in [0.1, 0.15) is 0 Å². The van der Waals surface area contributed by atoms with Gasteiger partial charge in [0.25, 0.3) is 11.8 Å². The van der Waals surface area contributed by atoms with E-state index in [0.29, 0.717) is 49.4 Å². The highest BCUT2D eigenvalue weighted by atomic mass is 32.1. The lowest BCUT2D eigenvalue weighted by molar-refractivity contribution is -0.125. The van der Waals surface area contributed by atoms with Gasteiger partial charge < -0.3 is 19.7 Å². The number of piperidine rings is 1. The molecule has 3 aliphatic rings. The van der Waals surface area contributed by atoms with Crippen LogP contribution in [0.15, 0.2) is 53.9 Å². The van der Waals surface area contributed by atoms with Crippen LogP contribution in [0.1, 0.15) is 57.0 Å². The average Bonchev–Trinajstić information content (AvgIpc) is 3.67. The van der Waals surface area contributed by atoms with E-state index in [1.165, 1.54) is 16.2 Å². The molecule has 4 heterocycles. The quantitative estimate of drug-likeness (QED) is 0.489. The van der Waals surface area contributed by atoms with E-state index in [-0.39, 0.29) is 36.5 Å². The van der Waals surface area contributed by atoms with Gasteiger partial charge in [0.2, 0.25) is 12.7 Å². The summed E-state index contributed by atoms with van der Waals surface area (Å²) < 4.78 is 10.8. The lowest BCUT2D eigenvalue weighted by Crippen LogP contribution is -2.41. The number of benzene rings is 2. The predicted octanol–water partition coefficient (Wildman–Crippen LogP) is 4.37. The number of nitrogens with one attached hydrogen (secondary N) is 1. The van der Waals surface area contributed by atoms with Crippen LogP contribution in [0.5, 0.6) is 11.5 Å². The molecule has 9 heteroatoms. The summed E-state index contributed by atoms with van der Waals surface area (Å²) in [6, 6.07) is 14.7. The van der Waals surface area contributed by atoms with Gasteiger partial charge in [-0.15, -0.1) is 11.3 Å². The third-order valence-electron chi connectivity index (χ3n) is 7.38. The van der Waals surface area contributed by atoms with Gasteiger partial charge in [-0.2, -0.15) is 0 Å². The molecule has 6 rings (SSSR count). The van der Waals surface area contributed by atoms with Crippen molar-refractivity contribution in [2.45, 2.75) is 32.4 Å². The molecule has 1 fully saturated rings. The number of hydrogen-bond donors (Lipinski definition) is 1. The van der Waals surface area contributed by atoms with Crippen molar-refractivity contribution in [3.05, 3.63) is 75.5 Å². The second-order valence-electron chi connectivity index (χ2n) is 9.54. The second-order valence-corrected chi connectivity index (χ2v) is 10.5. The largest absolute Gasteiger partial charge is 0.454 e. The van der Waals surface area contributed by atoms with Crippen molar-refractivity contribution >= 4 is 34.7 Å². The summed E-state index contributed by atoms with van der Waals surface area (Å²) in [6.45, 7) is 3.82. The van der Waals surface area contributed by atoms with E-state index in [0.717, 1.165) is 21.9 Å². The SMILES string of the molecule is C[C@@H](c1cccs1)N1C(=O)c2cccc(N3CCC(C(=O)NCc4ccc5c(c4)OCO5)CC3)c2C1=O. The Kier molecular flexibility index (Phi) is 6.08. The van der Waals surface area contributed by atoms with Crippen LogP contribution < -0.4 is 19.7 Å². The second kappa shape index (κ2) is 9.55. The van der Waals surface area contributed by atoms with E-state index < -0.39 is 0 Å². The maximum absolute atomic E-state index is 13.5. The van der Waals surface area contributed by atoms with Crippen LogP contribution in [-0.2, 0) is 11.3 Å². The molecule has 0 unspecified atom stereocenters. The standard InChI is InChI=1S/C28H27N3O5S/c1-17(24-6-3-13-37-24)31-27(33)20-4-2-5-21(25(20)28(31)34)30-11-9-19(10-12-30)26(32)29-15-18-7-8-22-23(14-18)36-16-35-22/h2-8,13-14,17,19H,9-12,15-16H2,1H3,(H,29,32)/t17-/m0/s1. The molecule has 1 atom stereocenters. The summed E-state index contributed by atoms with van der Waals surface area (Å²) in [4.78, 5) is 44.0. The molecule has 0 spiro atoms. The number of amides is 3. The fourth-order valence-corrected chi connectivity index (χ4v) is 6.10. The van der Waals surface area contributed by atoms with Crippen molar-refractivity contribution in [1.82, 2.24) is 10.2 Å². The summed E-state index contributed by atoms with van der Waals surface area (Å²) in [5.41, 5.74) is 2.66. The van der Waals surface area contributed by atoms with Crippen LogP contribution in [0.4, 0.5) is 5.69 Å². The Balaban J connectivity index is 1.10. The molecule has 3 amide bonds. The van der Waals surface area contributed by atoms with E-state index in [9.17, 15) is 14.4 Å². The Bertz CT molecular complexity index is 1360. The third kappa shape index (κ3) is 4.23. The number of fused-ring (bicyclic) bond motifs is 2. The van der Waals surface area contributed by atoms with Gasteiger partial charge in [-0.3, -0.25) is 19.3 Å².